The van der Waals surface area contributed by atoms with Crippen molar-refractivity contribution in [2.75, 3.05) is 0 Å². The van der Waals surface area contributed by atoms with Crippen molar-refractivity contribution in [3.8, 4) is 5.82 Å². The van der Waals surface area contributed by atoms with Crippen molar-refractivity contribution in [1.29, 1.82) is 0 Å². The molecule has 89 valence electrons. The minimum atomic E-state index is 0. The van der Waals surface area contributed by atoms with Crippen molar-refractivity contribution >= 4 is 0 Å². The molecule has 0 aliphatic rings. The van der Waals surface area contributed by atoms with Gasteiger partial charge in [-0.05, 0) is 19.9 Å². The average molecular weight is 422 g/mol. The molecule has 0 aliphatic heterocycles. The number of nitrogens with zero attached hydrogens (tertiary/aromatic N) is 3. The number of hydrogen-bond acceptors (Lipinski definition) is 1. The number of imidazole rings is 1. The fourth-order valence-corrected chi connectivity index (χ4v) is 1.24. The van der Waals surface area contributed by atoms with E-state index in [1.54, 1.807) is 6.20 Å². The van der Waals surface area contributed by atoms with Gasteiger partial charge in [0.1, 0.15) is 12.4 Å². The van der Waals surface area contributed by atoms with Crippen LogP contribution in [0.3, 0.4) is 0 Å². The maximum absolute atomic E-state index is 4.24. The first-order valence-corrected chi connectivity index (χ1v) is 4.70. The summed E-state index contributed by atoms with van der Waals surface area (Å²) < 4.78 is 3.91. The third-order valence-electron chi connectivity index (χ3n) is 2.05. The van der Waals surface area contributed by atoms with Crippen molar-refractivity contribution in [3.63, 3.8) is 0 Å². The van der Waals surface area contributed by atoms with Crippen molar-refractivity contribution in [2.24, 2.45) is 0 Å². The van der Waals surface area contributed by atoms with Gasteiger partial charge in [-0.2, -0.15) is 4.57 Å². The van der Waals surface area contributed by atoms with Crippen molar-refractivity contribution in [3.05, 3.63) is 43.1 Å². The monoisotopic (exact) mass is 421 g/mol. The Labute approximate surface area is 128 Å². The number of rotatable bonds is 2. The SMILES string of the molecule is CC(C)[n+]1[c]n(-c2ccccn2)cc1.[Ag+].[I-]. The molecule has 0 unspecified atom stereocenters. The van der Waals surface area contributed by atoms with Crippen molar-refractivity contribution in [1.82, 2.24) is 9.55 Å². The van der Waals surface area contributed by atoms with E-state index in [1.165, 1.54) is 0 Å². The second-order valence-electron chi connectivity index (χ2n) is 3.46. The molecule has 2 rings (SSSR count). The van der Waals surface area contributed by atoms with E-state index in [0.29, 0.717) is 6.04 Å². The molecule has 0 aliphatic carbocycles. The van der Waals surface area contributed by atoms with Crippen LogP contribution in [-0.4, -0.2) is 9.55 Å². The summed E-state index contributed by atoms with van der Waals surface area (Å²) in [6.45, 7) is 4.25. The van der Waals surface area contributed by atoms with Crippen LogP contribution in [0.2, 0.25) is 0 Å². The Bertz CT molecular complexity index is 414. The summed E-state index contributed by atoms with van der Waals surface area (Å²) in [7, 11) is 0. The van der Waals surface area contributed by atoms with E-state index >= 15 is 0 Å². The van der Waals surface area contributed by atoms with E-state index < -0.39 is 0 Å². The van der Waals surface area contributed by atoms with Gasteiger partial charge in [0.15, 0.2) is 0 Å². The fraction of sp³-hybridized carbons (Fsp3) is 0.273. The van der Waals surface area contributed by atoms with Gasteiger partial charge in [0.05, 0.1) is 6.04 Å². The van der Waals surface area contributed by atoms with E-state index in [9.17, 15) is 0 Å². The molecule has 0 fully saturated rings. The minimum Gasteiger partial charge on any atom is -1.00 e. The zero-order valence-electron chi connectivity index (χ0n) is 9.06. The maximum atomic E-state index is 4.24. The summed E-state index contributed by atoms with van der Waals surface area (Å²) in [5, 5.41) is 0. The van der Waals surface area contributed by atoms with Gasteiger partial charge >= 0.3 is 28.7 Å². The third kappa shape index (κ3) is 3.69. The molecule has 0 aromatic carbocycles. The molecule has 0 saturated carbocycles. The van der Waals surface area contributed by atoms with Gasteiger partial charge in [0.2, 0.25) is 5.82 Å². The molecule has 1 radical (unpaired) electrons. The van der Waals surface area contributed by atoms with Gasteiger partial charge in [-0.1, -0.05) is 6.07 Å². The smallest absolute Gasteiger partial charge is 1.00 e. The summed E-state index contributed by atoms with van der Waals surface area (Å²) in [5.74, 6) is 0.895. The van der Waals surface area contributed by atoms with Crippen LogP contribution in [0.1, 0.15) is 19.9 Å². The molecule has 5 heteroatoms. The van der Waals surface area contributed by atoms with Crippen molar-refractivity contribution < 1.29 is 50.9 Å². The summed E-state index contributed by atoms with van der Waals surface area (Å²) in [6, 6.07) is 6.26. The molecule has 0 amide bonds. The number of hydrogen-bond donors (Lipinski definition) is 0. The molecular formula is C11H13AgIN3+. The Morgan fingerprint density at radius 1 is 1.38 bits per heavy atom. The Morgan fingerprint density at radius 3 is 2.62 bits per heavy atom. The summed E-state index contributed by atoms with van der Waals surface area (Å²) in [4.78, 5) is 4.24. The van der Waals surface area contributed by atoms with Crippen LogP contribution < -0.4 is 28.5 Å². The molecule has 2 aromatic heterocycles. The van der Waals surface area contributed by atoms with E-state index in [2.05, 4.69) is 25.2 Å². The second-order valence-corrected chi connectivity index (χ2v) is 3.46. The third-order valence-corrected chi connectivity index (χ3v) is 2.05. The first-order valence-electron chi connectivity index (χ1n) is 4.70. The normalized spacial score (nSPS) is 9.44. The number of halogens is 1. The molecule has 3 nitrogen and oxygen atoms in total. The molecule has 2 heterocycles. The standard InChI is InChI=1S/C11H13N3.Ag.HI/c1-10(2)13-7-8-14(9-13)11-5-3-4-6-12-11;;/h3-8,10H,1-2H3;;1H/q2*+1;/p-1. The topological polar surface area (TPSA) is 21.7 Å². The first kappa shape index (κ1) is 15.8. The Morgan fingerprint density at radius 2 is 2.12 bits per heavy atom. The number of aromatic nitrogens is 3. The predicted octanol–water partition coefficient (Wildman–Crippen LogP) is -1.46. The summed E-state index contributed by atoms with van der Waals surface area (Å²) >= 11 is 0. The van der Waals surface area contributed by atoms with Gasteiger partial charge < -0.3 is 24.0 Å². The van der Waals surface area contributed by atoms with Crippen LogP contribution in [0.5, 0.6) is 0 Å². The van der Waals surface area contributed by atoms with Crippen LogP contribution >= 0.6 is 0 Å². The summed E-state index contributed by atoms with van der Waals surface area (Å²) in [6.07, 6.45) is 8.94. The van der Waals surface area contributed by atoms with Crippen LogP contribution in [0.15, 0.2) is 36.8 Å². The molecule has 0 bridgehead atoms. The molecule has 0 N–H and O–H groups in total. The molecule has 16 heavy (non-hydrogen) atoms. The van der Waals surface area contributed by atoms with Gasteiger partial charge in [0.25, 0.3) is 0 Å². The first-order chi connectivity index (χ1) is 6.77. The van der Waals surface area contributed by atoms with Crippen LogP contribution in [0, 0.1) is 6.33 Å². The van der Waals surface area contributed by atoms with E-state index in [4.69, 9.17) is 0 Å². The Kier molecular flexibility index (Phi) is 7.14. The largest absolute Gasteiger partial charge is 1.00 e. The zero-order valence-corrected chi connectivity index (χ0v) is 12.7. The minimum absolute atomic E-state index is 0. The van der Waals surface area contributed by atoms with Gasteiger partial charge in [-0.3, -0.25) is 0 Å². The Hall–Kier alpha value is -0.170. The van der Waals surface area contributed by atoms with Gasteiger partial charge in [-0.25, -0.2) is 9.55 Å². The molecule has 0 spiro atoms. The van der Waals surface area contributed by atoms with Gasteiger partial charge in [0, 0.05) is 12.3 Å². The summed E-state index contributed by atoms with van der Waals surface area (Å²) in [5.41, 5.74) is 0. The maximum Gasteiger partial charge on any atom is 1.00 e. The molecule has 0 atom stereocenters. The average Bonchev–Trinajstić information content (AvgIpc) is 2.68. The Balaban J connectivity index is 0.00000112. The predicted molar refractivity (Wildman–Crippen MR) is 53.0 cm³/mol. The quantitative estimate of drug-likeness (QED) is 0.330. The second kappa shape index (κ2) is 7.21. The van der Waals surface area contributed by atoms with Crippen LogP contribution in [0.4, 0.5) is 0 Å². The van der Waals surface area contributed by atoms with E-state index in [-0.39, 0.29) is 46.4 Å². The van der Waals surface area contributed by atoms with Crippen molar-refractivity contribution in [2.45, 2.75) is 19.9 Å². The molecular weight excluding hydrogens is 409 g/mol. The fourth-order valence-electron chi connectivity index (χ4n) is 1.24. The zero-order chi connectivity index (χ0) is 9.97. The van der Waals surface area contributed by atoms with Crippen LogP contribution in [0.25, 0.3) is 5.82 Å². The van der Waals surface area contributed by atoms with E-state index in [0.717, 1.165) is 5.82 Å². The van der Waals surface area contributed by atoms with Gasteiger partial charge in [-0.15, -0.1) is 0 Å². The molecule has 2 aromatic rings. The van der Waals surface area contributed by atoms with E-state index in [1.807, 2.05) is 39.7 Å². The van der Waals surface area contributed by atoms with Crippen LogP contribution in [-0.2, 0) is 22.4 Å². The number of pyridine rings is 1. The molecule has 0 saturated heterocycles.